The highest BCUT2D eigenvalue weighted by Crippen LogP contribution is 2.27. The van der Waals surface area contributed by atoms with Crippen molar-refractivity contribution in [3.8, 4) is 6.07 Å². The van der Waals surface area contributed by atoms with E-state index in [1.54, 1.807) is 30.3 Å². The van der Waals surface area contributed by atoms with Crippen molar-refractivity contribution in [1.82, 2.24) is 0 Å². The van der Waals surface area contributed by atoms with Crippen LogP contribution in [0.2, 0.25) is 0 Å². The predicted molar refractivity (Wildman–Crippen MR) is 80.5 cm³/mol. The molecular weight excluding hydrogens is 266 g/mol. The second kappa shape index (κ2) is 7.44. The van der Waals surface area contributed by atoms with Gasteiger partial charge in [0.05, 0.1) is 6.07 Å². The summed E-state index contributed by atoms with van der Waals surface area (Å²) in [5.74, 6) is 0.230. The molecule has 2 rings (SSSR count). The van der Waals surface area contributed by atoms with Crippen molar-refractivity contribution in [2.45, 2.75) is 38.5 Å². The Morgan fingerprint density at radius 2 is 1.57 bits per heavy atom. The van der Waals surface area contributed by atoms with Gasteiger partial charge in [0.25, 0.3) is 0 Å². The smallest absolute Gasteiger partial charge is 0.238 e. The molecule has 0 heterocycles. The summed E-state index contributed by atoms with van der Waals surface area (Å²) in [4.78, 5) is 23.2. The first-order valence-corrected chi connectivity index (χ1v) is 7.24. The normalized spacial score (nSPS) is 14.4. The molecule has 0 aromatic heterocycles. The zero-order valence-electron chi connectivity index (χ0n) is 11.9. The van der Waals surface area contributed by atoms with E-state index in [-0.39, 0.29) is 18.2 Å². The first kappa shape index (κ1) is 15.0. The third-order valence-electron chi connectivity index (χ3n) is 3.64. The maximum Gasteiger partial charge on any atom is 0.238 e. The summed E-state index contributed by atoms with van der Waals surface area (Å²) in [6.07, 6.45) is 5.18. The van der Waals surface area contributed by atoms with E-state index in [4.69, 9.17) is 5.26 Å². The zero-order chi connectivity index (χ0) is 15.1. The highest BCUT2D eigenvalue weighted by atomic mass is 16.2. The summed E-state index contributed by atoms with van der Waals surface area (Å²) in [5, 5.41) is 13.9. The molecule has 2 amide bonds. The van der Waals surface area contributed by atoms with E-state index in [9.17, 15) is 9.59 Å². The van der Waals surface area contributed by atoms with Crippen LogP contribution in [0, 0.1) is 17.2 Å². The van der Waals surface area contributed by atoms with E-state index in [0.717, 1.165) is 18.5 Å². The Hall–Kier alpha value is -2.35. The van der Waals surface area contributed by atoms with Crippen molar-refractivity contribution in [2.75, 3.05) is 10.6 Å². The van der Waals surface area contributed by atoms with Crippen LogP contribution in [0.5, 0.6) is 0 Å². The number of hydrogen-bond acceptors (Lipinski definition) is 3. The van der Waals surface area contributed by atoms with E-state index in [2.05, 4.69) is 10.6 Å². The van der Waals surface area contributed by atoms with E-state index >= 15 is 0 Å². The predicted octanol–water partition coefficient (Wildman–Crippen LogP) is 3.06. The molecule has 1 aliphatic rings. The average Bonchev–Trinajstić information content (AvgIpc) is 2.94. The number of nitrogens with one attached hydrogen (secondary N) is 2. The molecule has 2 N–H and O–H groups in total. The summed E-state index contributed by atoms with van der Waals surface area (Å²) in [6.45, 7) is 0. The lowest BCUT2D eigenvalue weighted by Gasteiger charge is -2.10. The molecule has 1 aliphatic carbocycles. The maximum atomic E-state index is 11.9. The number of rotatable bonds is 5. The second-order valence-electron chi connectivity index (χ2n) is 5.36. The van der Waals surface area contributed by atoms with Gasteiger partial charge in [-0.15, -0.1) is 0 Å². The number of nitriles is 1. The van der Waals surface area contributed by atoms with Gasteiger partial charge < -0.3 is 10.6 Å². The Labute approximate surface area is 124 Å². The van der Waals surface area contributed by atoms with Crippen LogP contribution < -0.4 is 10.6 Å². The Morgan fingerprint density at radius 1 is 1.05 bits per heavy atom. The number of carbonyl (C=O) groups is 2. The van der Waals surface area contributed by atoms with Crippen molar-refractivity contribution in [3.63, 3.8) is 0 Å². The van der Waals surface area contributed by atoms with E-state index in [1.807, 2.05) is 0 Å². The van der Waals surface area contributed by atoms with Crippen LogP contribution in [0.1, 0.15) is 38.5 Å². The van der Waals surface area contributed by atoms with Gasteiger partial charge in [-0.05, 0) is 43.0 Å². The topological polar surface area (TPSA) is 82.0 Å². The molecule has 0 radical (unpaired) electrons. The second-order valence-corrected chi connectivity index (χ2v) is 5.36. The summed E-state index contributed by atoms with van der Waals surface area (Å²) >= 11 is 0. The fourth-order valence-electron chi connectivity index (χ4n) is 2.60. The molecular formula is C16H19N3O2. The first-order chi connectivity index (χ1) is 10.2. The molecule has 0 saturated heterocycles. The molecule has 110 valence electrons. The van der Waals surface area contributed by atoms with Gasteiger partial charge in [0.2, 0.25) is 11.8 Å². The average molecular weight is 285 g/mol. The number of benzene rings is 1. The number of nitrogens with zero attached hydrogens (tertiary/aromatic N) is 1. The molecule has 21 heavy (non-hydrogen) atoms. The van der Waals surface area contributed by atoms with Crippen LogP contribution in [-0.2, 0) is 9.59 Å². The lowest BCUT2D eigenvalue weighted by Crippen LogP contribution is -2.15. The van der Waals surface area contributed by atoms with Gasteiger partial charge in [0, 0.05) is 17.8 Å². The maximum absolute atomic E-state index is 11.9. The molecule has 1 fully saturated rings. The van der Waals surface area contributed by atoms with Crippen molar-refractivity contribution in [1.29, 1.82) is 5.26 Å². The molecule has 1 aromatic carbocycles. The van der Waals surface area contributed by atoms with Crippen LogP contribution in [-0.4, -0.2) is 11.8 Å². The molecule has 0 spiro atoms. The molecule has 0 aliphatic heterocycles. The van der Waals surface area contributed by atoms with E-state index in [0.29, 0.717) is 18.0 Å². The monoisotopic (exact) mass is 285 g/mol. The van der Waals surface area contributed by atoms with Crippen LogP contribution in [0.3, 0.4) is 0 Å². The van der Waals surface area contributed by atoms with Crippen molar-refractivity contribution >= 4 is 23.2 Å². The van der Waals surface area contributed by atoms with Crippen molar-refractivity contribution in [2.24, 2.45) is 5.92 Å². The molecule has 1 saturated carbocycles. The van der Waals surface area contributed by atoms with Gasteiger partial charge in [-0.1, -0.05) is 12.8 Å². The number of hydrogen-bond donors (Lipinski definition) is 2. The summed E-state index contributed by atoms with van der Waals surface area (Å²) in [7, 11) is 0. The highest BCUT2D eigenvalue weighted by Gasteiger charge is 2.18. The SMILES string of the molecule is N#CCC(=O)Nc1ccc(NC(=O)CC2CCCC2)cc1. The number of carbonyl (C=O) groups excluding carboxylic acids is 2. The van der Waals surface area contributed by atoms with Gasteiger partial charge in [0.1, 0.15) is 6.42 Å². The van der Waals surface area contributed by atoms with Gasteiger partial charge in [-0.2, -0.15) is 5.26 Å². The first-order valence-electron chi connectivity index (χ1n) is 7.24. The fraction of sp³-hybridized carbons (Fsp3) is 0.438. The number of anilines is 2. The Balaban J connectivity index is 1.82. The summed E-state index contributed by atoms with van der Waals surface area (Å²) in [6, 6.07) is 8.70. The molecule has 5 nitrogen and oxygen atoms in total. The van der Waals surface area contributed by atoms with Gasteiger partial charge in [-0.3, -0.25) is 9.59 Å². The molecule has 5 heteroatoms. The number of amides is 2. The third-order valence-corrected chi connectivity index (χ3v) is 3.64. The molecule has 1 aromatic rings. The quantitative estimate of drug-likeness (QED) is 0.872. The zero-order valence-corrected chi connectivity index (χ0v) is 11.9. The Kier molecular flexibility index (Phi) is 5.33. The van der Waals surface area contributed by atoms with Gasteiger partial charge in [0.15, 0.2) is 0 Å². The summed E-state index contributed by atoms with van der Waals surface area (Å²) < 4.78 is 0. The van der Waals surface area contributed by atoms with Crippen molar-refractivity contribution in [3.05, 3.63) is 24.3 Å². The molecule has 0 atom stereocenters. The minimum absolute atomic E-state index is 0.0446. The van der Waals surface area contributed by atoms with Crippen LogP contribution in [0.4, 0.5) is 11.4 Å². The minimum atomic E-state index is -0.337. The lowest BCUT2D eigenvalue weighted by molar-refractivity contribution is -0.117. The fourth-order valence-corrected chi connectivity index (χ4v) is 2.60. The van der Waals surface area contributed by atoms with Crippen LogP contribution >= 0.6 is 0 Å². The van der Waals surface area contributed by atoms with E-state index in [1.165, 1.54) is 12.8 Å². The third kappa shape index (κ3) is 4.92. The molecule has 0 unspecified atom stereocenters. The van der Waals surface area contributed by atoms with E-state index < -0.39 is 0 Å². The van der Waals surface area contributed by atoms with Crippen molar-refractivity contribution < 1.29 is 9.59 Å². The van der Waals surface area contributed by atoms with Crippen LogP contribution in [0.15, 0.2) is 24.3 Å². The van der Waals surface area contributed by atoms with Gasteiger partial charge >= 0.3 is 0 Å². The highest BCUT2D eigenvalue weighted by molar-refractivity contribution is 5.93. The Bertz CT molecular complexity index is 540. The minimum Gasteiger partial charge on any atom is -0.326 e. The van der Waals surface area contributed by atoms with Gasteiger partial charge in [-0.25, -0.2) is 0 Å². The summed E-state index contributed by atoms with van der Waals surface area (Å²) in [5.41, 5.74) is 1.33. The standard InChI is InChI=1S/C16H19N3O2/c17-10-9-15(20)18-13-5-7-14(8-6-13)19-16(21)11-12-3-1-2-4-12/h5-8,12H,1-4,9,11H2,(H,18,20)(H,19,21). The molecule has 0 bridgehead atoms. The van der Waals surface area contributed by atoms with Crippen LogP contribution in [0.25, 0.3) is 0 Å². The Morgan fingerprint density at radius 3 is 2.10 bits per heavy atom. The lowest BCUT2D eigenvalue weighted by atomic mass is 10.0. The largest absolute Gasteiger partial charge is 0.326 e.